The minimum atomic E-state index is -0.421. The lowest BCUT2D eigenvalue weighted by Gasteiger charge is -2.43. The van der Waals surface area contributed by atoms with E-state index < -0.39 is 6.10 Å². The van der Waals surface area contributed by atoms with E-state index in [1.807, 2.05) is 24.3 Å². The molecule has 0 bridgehead atoms. The molecule has 1 aliphatic carbocycles. The standard InChI is InChI=1S/C17H26ClNO/c1-17(2)10-6-5-8-14(17)16(20)13(11-19)12-7-3-4-9-15(12)18/h3-4,7,9,13-14,16,20H,5-6,8,10-11,19H2,1-2H3. The maximum Gasteiger partial charge on any atom is 0.0654 e. The summed E-state index contributed by atoms with van der Waals surface area (Å²) in [6.07, 6.45) is 4.29. The van der Waals surface area contributed by atoms with Crippen LogP contribution >= 0.6 is 11.6 Å². The van der Waals surface area contributed by atoms with Crippen LogP contribution in [0.4, 0.5) is 0 Å². The first kappa shape index (κ1) is 15.8. The molecule has 1 fully saturated rings. The molecule has 20 heavy (non-hydrogen) atoms. The lowest BCUT2D eigenvalue weighted by atomic mass is 9.64. The van der Waals surface area contributed by atoms with Crippen LogP contribution in [0.15, 0.2) is 24.3 Å². The van der Waals surface area contributed by atoms with E-state index in [9.17, 15) is 5.11 Å². The summed E-state index contributed by atoms with van der Waals surface area (Å²) in [6.45, 7) is 4.96. The molecule has 1 saturated carbocycles. The van der Waals surface area contributed by atoms with Crippen molar-refractivity contribution in [3.63, 3.8) is 0 Å². The Bertz CT molecular complexity index is 446. The Labute approximate surface area is 127 Å². The number of hydrogen-bond acceptors (Lipinski definition) is 2. The first-order valence-corrected chi connectivity index (χ1v) is 7.97. The molecule has 3 unspecified atom stereocenters. The summed E-state index contributed by atoms with van der Waals surface area (Å²) < 4.78 is 0. The van der Waals surface area contributed by atoms with E-state index in [1.54, 1.807) is 0 Å². The largest absolute Gasteiger partial charge is 0.392 e. The van der Waals surface area contributed by atoms with Gasteiger partial charge in [-0.1, -0.05) is 56.5 Å². The third kappa shape index (κ3) is 3.19. The average Bonchev–Trinajstić information content (AvgIpc) is 2.41. The molecule has 0 aromatic heterocycles. The fraction of sp³-hybridized carbons (Fsp3) is 0.647. The van der Waals surface area contributed by atoms with Crippen LogP contribution in [0.2, 0.25) is 5.02 Å². The minimum absolute atomic E-state index is 0.0777. The smallest absolute Gasteiger partial charge is 0.0654 e. The molecule has 0 aliphatic heterocycles. The summed E-state index contributed by atoms with van der Waals surface area (Å²) in [5, 5.41) is 11.6. The van der Waals surface area contributed by atoms with Crippen molar-refractivity contribution in [1.29, 1.82) is 0 Å². The van der Waals surface area contributed by atoms with Crippen LogP contribution in [0.5, 0.6) is 0 Å². The van der Waals surface area contributed by atoms with Gasteiger partial charge in [0, 0.05) is 17.5 Å². The van der Waals surface area contributed by atoms with Gasteiger partial charge in [-0.05, 0) is 35.8 Å². The average molecular weight is 296 g/mol. The van der Waals surface area contributed by atoms with Crippen LogP contribution in [0.3, 0.4) is 0 Å². The highest BCUT2D eigenvalue weighted by atomic mass is 35.5. The summed E-state index contributed by atoms with van der Waals surface area (Å²) in [5.74, 6) is 0.215. The van der Waals surface area contributed by atoms with Crippen molar-refractivity contribution in [3.05, 3.63) is 34.9 Å². The van der Waals surface area contributed by atoms with Crippen molar-refractivity contribution in [2.45, 2.75) is 51.6 Å². The first-order valence-electron chi connectivity index (χ1n) is 7.60. The van der Waals surface area contributed by atoms with E-state index in [0.717, 1.165) is 12.0 Å². The van der Waals surface area contributed by atoms with E-state index >= 15 is 0 Å². The molecule has 1 aromatic rings. The van der Waals surface area contributed by atoms with E-state index in [4.69, 9.17) is 17.3 Å². The third-order valence-corrected chi connectivity index (χ3v) is 5.32. The summed E-state index contributed by atoms with van der Waals surface area (Å²) in [4.78, 5) is 0. The monoisotopic (exact) mass is 295 g/mol. The molecular formula is C17H26ClNO. The third-order valence-electron chi connectivity index (χ3n) is 4.97. The normalized spacial score (nSPS) is 25.1. The van der Waals surface area contributed by atoms with Crippen molar-refractivity contribution < 1.29 is 5.11 Å². The van der Waals surface area contributed by atoms with Crippen molar-refractivity contribution in [3.8, 4) is 0 Å². The van der Waals surface area contributed by atoms with Crippen molar-refractivity contribution >= 4 is 11.6 Å². The maximum atomic E-state index is 10.9. The molecular weight excluding hydrogens is 270 g/mol. The van der Waals surface area contributed by atoms with Crippen LogP contribution in [0.25, 0.3) is 0 Å². The molecule has 3 atom stereocenters. The highest BCUT2D eigenvalue weighted by molar-refractivity contribution is 6.31. The number of nitrogens with two attached hydrogens (primary N) is 1. The Morgan fingerprint density at radius 1 is 1.35 bits per heavy atom. The zero-order valence-corrected chi connectivity index (χ0v) is 13.2. The zero-order valence-electron chi connectivity index (χ0n) is 12.5. The van der Waals surface area contributed by atoms with Gasteiger partial charge >= 0.3 is 0 Å². The first-order chi connectivity index (χ1) is 9.47. The van der Waals surface area contributed by atoms with Crippen LogP contribution in [-0.2, 0) is 0 Å². The molecule has 0 radical (unpaired) electrons. The molecule has 0 amide bonds. The Morgan fingerprint density at radius 2 is 2.05 bits per heavy atom. The van der Waals surface area contributed by atoms with Gasteiger partial charge in [-0.15, -0.1) is 0 Å². The van der Waals surface area contributed by atoms with E-state index in [-0.39, 0.29) is 11.3 Å². The quantitative estimate of drug-likeness (QED) is 0.883. The predicted molar refractivity (Wildman–Crippen MR) is 85.0 cm³/mol. The molecule has 0 heterocycles. The summed E-state index contributed by atoms with van der Waals surface area (Å²) in [6, 6.07) is 7.73. The van der Waals surface area contributed by atoms with E-state index in [0.29, 0.717) is 17.5 Å². The maximum absolute atomic E-state index is 10.9. The molecule has 3 N–H and O–H groups in total. The van der Waals surface area contributed by atoms with Gasteiger partial charge in [0.25, 0.3) is 0 Å². The SMILES string of the molecule is CC1(C)CCCCC1C(O)C(CN)c1ccccc1Cl. The zero-order chi connectivity index (χ0) is 14.8. The van der Waals surface area contributed by atoms with Crippen LogP contribution in [0, 0.1) is 11.3 Å². The molecule has 112 valence electrons. The van der Waals surface area contributed by atoms with Crippen molar-refractivity contribution in [1.82, 2.24) is 0 Å². The lowest BCUT2D eigenvalue weighted by molar-refractivity contribution is -0.00893. The molecule has 3 heteroatoms. The summed E-state index contributed by atoms with van der Waals surface area (Å²) >= 11 is 6.29. The number of hydrogen-bond donors (Lipinski definition) is 2. The Hall–Kier alpha value is -0.570. The van der Waals surface area contributed by atoms with Crippen LogP contribution in [0.1, 0.15) is 51.0 Å². The molecule has 1 aliphatic rings. The molecule has 2 rings (SSSR count). The van der Waals surface area contributed by atoms with Gasteiger partial charge < -0.3 is 10.8 Å². The van der Waals surface area contributed by atoms with Crippen molar-refractivity contribution in [2.24, 2.45) is 17.1 Å². The molecule has 0 spiro atoms. The van der Waals surface area contributed by atoms with Gasteiger partial charge in [0.05, 0.1) is 6.10 Å². The van der Waals surface area contributed by atoms with E-state index in [1.165, 1.54) is 19.3 Å². The van der Waals surface area contributed by atoms with Gasteiger partial charge in [0.1, 0.15) is 0 Å². The second kappa shape index (κ2) is 6.46. The highest BCUT2D eigenvalue weighted by Crippen LogP contribution is 2.45. The Balaban J connectivity index is 2.25. The molecule has 0 saturated heterocycles. The second-order valence-corrected chi connectivity index (χ2v) is 7.10. The Morgan fingerprint density at radius 3 is 2.65 bits per heavy atom. The fourth-order valence-electron chi connectivity index (χ4n) is 3.66. The summed E-state index contributed by atoms with van der Waals surface area (Å²) in [7, 11) is 0. The van der Waals surface area contributed by atoms with E-state index in [2.05, 4.69) is 13.8 Å². The topological polar surface area (TPSA) is 46.2 Å². The van der Waals surface area contributed by atoms with Crippen molar-refractivity contribution in [2.75, 3.05) is 6.54 Å². The minimum Gasteiger partial charge on any atom is -0.392 e. The lowest BCUT2D eigenvalue weighted by Crippen LogP contribution is -2.42. The number of aliphatic hydroxyl groups is 1. The number of aliphatic hydroxyl groups excluding tert-OH is 1. The summed E-state index contributed by atoms with van der Waals surface area (Å²) in [5.41, 5.74) is 7.10. The van der Waals surface area contributed by atoms with Gasteiger partial charge in [-0.25, -0.2) is 0 Å². The van der Waals surface area contributed by atoms with Crippen LogP contribution in [-0.4, -0.2) is 17.8 Å². The van der Waals surface area contributed by atoms with Crippen LogP contribution < -0.4 is 5.73 Å². The van der Waals surface area contributed by atoms with Gasteiger partial charge in [0.2, 0.25) is 0 Å². The molecule has 1 aromatic carbocycles. The number of benzene rings is 1. The highest BCUT2D eigenvalue weighted by Gasteiger charge is 2.40. The molecule has 2 nitrogen and oxygen atoms in total. The fourth-order valence-corrected chi connectivity index (χ4v) is 3.94. The predicted octanol–water partition coefficient (Wildman–Crippen LogP) is 3.96. The van der Waals surface area contributed by atoms with Gasteiger partial charge in [0.15, 0.2) is 0 Å². The van der Waals surface area contributed by atoms with Gasteiger partial charge in [-0.3, -0.25) is 0 Å². The van der Waals surface area contributed by atoms with Gasteiger partial charge in [-0.2, -0.15) is 0 Å². The Kier molecular flexibility index (Phi) is 5.11. The number of halogens is 1. The second-order valence-electron chi connectivity index (χ2n) is 6.70. The number of rotatable bonds is 4.